The van der Waals surface area contributed by atoms with Crippen molar-refractivity contribution in [2.24, 2.45) is 0 Å². The molecule has 0 fully saturated rings. The summed E-state index contributed by atoms with van der Waals surface area (Å²) in [6.45, 7) is 0.452. The number of benzene rings is 1. The first-order valence-corrected chi connectivity index (χ1v) is 7.90. The van der Waals surface area contributed by atoms with Gasteiger partial charge in [-0.05, 0) is 11.6 Å². The number of nitrogens with zero attached hydrogens (tertiary/aromatic N) is 2. The number of hydrogen-bond acceptors (Lipinski definition) is 5. The third-order valence-electron chi connectivity index (χ3n) is 3.56. The maximum absolute atomic E-state index is 12.8. The Hall–Kier alpha value is -2.86. The molecule has 6 nitrogen and oxygen atoms in total. The van der Waals surface area contributed by atoms with E-state index in [9.17, 15) is 9.90 Å². The number of pyridine rings is 1. The van der Waals surface area contributed by atoms with Crippen LogP contribution in [0.5, 0.6) is 11.8 Å². The summed E-state index contributed by atoms with van der Waals surface area (Å²) in [6, 6.07) is 13.0. The lowest BCUT2D eigenvalue weighted by atomic mass is 10.2. The highest BCUT2D eigenvalue weighted by Gasteiger charge is 2.20. The minimum Gasteiger partial charge on any atom is -0.481 e. The number of methoxy groups -OCH3 is 2. The van der Waals surface area contributed by atoms with Gasteiger partial charge in [0.1, 0.15) is 5.56 Å². The molecule has 1 heterocycles. The van der Waals surface area contributed by atoms with Gasteiger partial charge in [0, 0.05) is 19.2 Å². The van der Waals surface area contributed by atoms with Gasteiger partial charge in [-0.3, -0.25) is 4.79 Å². The fourth-order valence-corrected chi connectivity index (χ4v) is 2.30. The van der Waals surface area contributed by atoms with Gasteiger partial charge >= 0.3 is 0 Å². The van der Waals surface area contributed by atoms with Crippen molar-refractivity contribution in [2.45, 2.75) is 0 Å². The van der Waals surface area contributed by atoms with Crippen molar-refractivity contribution < 1.29 is 19.4 Å². The Balaban J connectivity index is 2.16. The van der Waals surface area contributed by atoms with Crippen LogP contribution < -0.4 is 9.47 Å². The van der Waals surface area contributed by atoms with Crippen LogP contribution in [0.3, 0.4) is 0 Å². The Labute approximate surface area is 147 Å². The van der Waals surface area contributed by atoms with Gasteiger partial charge in [-0.2, -0.15) is 4.98 Å². The van der Waals surface area contributed by atoms with E-state index < -0.39 is 0 Å². The summed E-state index contributed by atoms with van der Waals surface area (Å²) in [4.78, 5) is 18.4. The lowest BCUT2D eigenvalue weighted by molar-refractivity contribution is 0.0738. The first kappa shape index (κ1) is 18.5. The van der Waals surface area contributed by atoms with Gasteiger partial charge in [0.25, 0.3) is 5.91 Å². The third kappa shape index (κ3) is 5.06. The van der Waals surface area contributed by atoms with Crippen molar-refractivity contribution in [1.82, 2.24) is 9.88 Å². The molecule has 1 amide bonds. The van der Waals surface area contributed by atoms with E-state index in [0.29, 0.717) is 18.0 Å². The molecule has 2 rings (SSSR count). The first-order chi connectivity index (χ1) is 12.2. The summed E-state index contributed by atoms with van der Waals surface area (Å²) in [6.07, 6.45) is 3.81. The van der Waals surface area contributed by atoms with Crippen molar-refractivity contribution >= 4 is 12.0 Å². The van der Waals surface area contributed by atoms with Crippen molar-refractivity contribution in [2.75, 3.05) is 33.9 Å². The Morgan fingerprint density at radius 3 is 2.56 bits per heavy atom. The zero-order valence-electron chi connectivity index (χ0n) is 14.4. The van der Waals surface area contributed by atoms with Crippen molar-refractivity contribution in [3.63, 3.8) is 0 Å². The SMILES string of the molecule is COc1ccc(C(=O)N(C/C=C/c2ccccc2)CCO)c(OC)n1. The third-order valence-corrected chi connectivity index (χ3v) is 3.56. The number of carbonyl (C=O) groups is 1. The van der Waals surface area contributed by atoms with Crippen LogP contribution in [0.1, 0.15) is 15.9 Å². The second-order valence-electron chi connectivity index (χ2n) is 5.20. The Morgan fingerprint density at radius 2 is 1.92 bits per heavy atom. The zero-order chi connectivity index (χ0) is 18.1. The number of rotatable bonds is 8. The van der Waals surface area contributed by atoms with Gasteiger partial charge in [-0.15, -0.1) is 0 Å². The molecule has 0 aliphatic carbocycles. The smallest absolute Gasteiger partial charge is 0.259 e. The second kappa shape index (κ2) is 9.44. The molecular weight excluding hydrogens is 320 g/mol. The van der Waals surface area contributed by atoms with Crippen LogP contribution in [0.2, 0.25) is 0 Å². The van der Waals surface area contributed by atoms with Crippen LogP contribution >= 0.6 is 0 Å². The monoisotopic (exact) mass is 342 g/mol. The van der Waals surface area contributed by atoms with E-state index >= 15 is 0 Å². The molecule has 1 aromatic carbocycles. The number of aromatic nitrogens is 1. The van der Waals surface area contributed by atoms with E-state index in [-0.39, 0.29) is 24.9 Å². The molecule has 0 saturated carbocycles. The summed E-state index contributed by atoms with van der Waals surface area (Å²) in [5, 5.41) is 9.27. The molecular formula is C19H22N2O4. The van der Waals surface area contributed by atoms with Crippen LogP contribution in [0, 0.1) is 0 Å². The highest BCUT2D eigenvalue weighted by atomic mass is 16.5. The summed E-state index contributed by atoms with van der Waals surface area (Å²) in [7, 11) is 2.94. The molecule has 0 saturated heterocycles. The minimum atomic E-state index is -0.265. The quantitative estimate of drug-likeness (QED) is 0.797. The number of ether oxygens (including phenoxy) is 2. The van der Waals surface area contributed by atoms with E-state index in [4.69, 9.17) is 9.47 Å². The predicted octanol–water partition coefficient (Wildman–Crippen LogP) is 2.25. The summed E-state index contributed by atoms with van der Waals surface area (Å²) in [5.41, 5.74) is 1.37. The molecule has 25 heavy (non-hydrogen) atoms. The first-order valence-electron chi connectivity index (χ1n) is 7.90. The van der Waals surface area contributed by atoms with Gasteiger partial charge in [-0.25, -0.2) is 0 Å². The lowest BCUT2D eigenvalue weighted by Gasteiger charge is -2.21. The molecule has 1 aromatic heterocycles. The minimum absolute atomic E-state index is 0.128. The number of carbonyl (C=O) groups excluding carboxylic acids is 1. The van der Waals surface area contributed by atoms with Crippen LogP contribution in [0.25, 0.3) is 6.08 Å². The number of amides is 1. The molecule has 2 aromatic rings. The number of aliphatic hydroxyl groups excluding tert-OH is 1. The maximum Gasteiger partial charge on any atom is 0.259 e. The molecule has 0 atom stereocenters. The molecule has 0 unspecified atom stereocenters. The van der Waals surface area contributed by atoms with Gasteiger partial charge in [0.2, 0.25) is 11.8 Å². The Morgan fingerprint density at radius 1 is 1.16 bits per heavy atom. The van der Waals surface area contributed by atoms with Gasteiger partial charge < -0.3 is 19.5 Å². The number of aliphatic hydroxyl groups is 1. The van der Waals surface area contributed by atoms with Crippen LogP contribution in [-0.4, -0.2) is 54.8 Å². The topological polar surface area (TPSA) is 71.9 Å². The molecule has 0 aliphatic rings. The molecule has 1 N–H and O–H groups in total. The van der Waals surface area contributed by atoms with Crippen LogP contribution in [0.15, 0.2) is 48.5 Å². The average Bonchev–Trinajstić information content (AvgIpc) is 2.67. The largest absolute Gasteiger partial charge is 0.481 e. The van der Waals surface area contributed by atoms with E-state index in [1.54, 1.807) is 12.1 Å². The molecule has 0 radical (unpaired) electrons. The normalized spacial score (nSPS) is 10.7. The van der Waals surface area contributed by atoms with Gasteiger partial charge in [-0.1, -0.05) is 42.5 Å². The summed E-state index contributed by atoms with van der Waals surface area (Å²) in [5.74, 6) is 0.296. The average molecular weight is 342 g/mol. The molecule has 6 heteroatoms. The fourth-order valence-electron chi connectivity index (χ4n) is 2.30. The predicted molar refractivity (Wildman–Crippen MR) is 95.8 cm³/mol. The van der Waals surface area contributed by atoms with E-state index in [1.165, 1.54) is 19.1 Å². The summed E-state index contributed by atoms with van der Waals surface area (Å²) >= 11 is 0. The van der Waals surface area contributed by atoms with Crippen molar-refractivity contribution in [1.29, 1.82) is 0 Å². The van der Waals surface area contributed by atoms with Crippen LogP contribution in [-0.2, 0) is 0 Å². The van der Waals surface area contributed by atoms with Crippen LogP contribution in [0.4, 0.5) is 0 Å². The standard InChI is InChI=1S/C19H22N2O4/c1-24-17-11-10-16(18(20-17)25-2)19(23)21(13-14-22)12-6-9-15-7-4-3-5-8-15/h3-11,22H,12-14H2,1-2H3/b9-6+. The fraction of sp³-hybridized carbons (Fsp3) is 0.263. The molecule has 132 valence electrons. The highest BCUT2D eigenvalue weighted by molar-refractivity contribution is 5.96. The second-order valence-corrected chi connectivity index (χ2v) is 5.20. The number of hydrogen-bond donors (Lipinski definition) is 1. The highest BCUT2D eigenvalue weighted by Crippen LogP contribution is 2.21. The Bertz CT molecular complexity index is 717. The van der Waals surface area contributed by atoms with E-state index in [1.807, 2.05) is 42.5 Å². The maximum atomic E-state index is 12.8. The Kier molecular flexibility index (Phi) is 6.98. The zero-order valence-corrected chi connectivity index (χ0v) is 14.4. The molecule has 0 bridgehead atoms. The van der Waals surface area contributed by atoms with Crippen molar-refractivity contribution in [3.05, 3.63) is 59.7 Å². The lowest BCUT2D eigenvalue weighted by Crippen LogP contribution is -2.34. The van der Waals surface area contributed by atoms with Crippen molar-refractivity contribution in [3.8, 4) is 11.8 Å². The van der Waals surface area contributed by atoms with Gasteiger partial charge in [0.05, 0.1) is 20.8 Å². The molecule has 0 spiro atoms. The van der Waals surface area contributed by atoms with E-state index in [2.05, 4.69) is 4.98 Å². The van der Waals surface area contributed by atoms with E-state index in [0.717, 1.165) is 5.56 Å². The molecule has 0 aliphatic heterocycles. The van der Waals surface area contributed by atoms with Gasteiger partial charge in [0.15, 0.2) is 0 Å². The summed E-state index contributed by atoms with van der Waals surface area (Å²) < 4.78 is 10.2.